The van der Waals surface area contributed by atoms with Crippen molar-refractivity contribution in [2.24, 2.45) is 5.92 Å². The number of ether oxygens (including phenoxy) is 2. The molecule has 1 unspecified atom stereocenters. The van der Waals surface area contributed by atoms with E-state index in [1.165, 1.54) is 0 Å². The number of hydrogen-bond donors (Lipinski definition) is 1. The number of piperidine rings is 1. The zero-order valence-electron chi connectivity index (χ0n) is 16.6. The smallest absolute Gasteiger partial charge is 0.309 e. The number of methoxy groups -OCH3 is 1. The van der Waals surface area contributed by atoms with Gasteiger partial charge in [0, 0.05) is 19.3 Å². The number of carbonyl (C=O) groups excluding carboxylic acids is 2. The third-order valence-corrected chi connectivity index (χ3v) is 4.79. The van der Waals surface area contributed by atoms with Gasteiger partial charge in [-0.05, 0) is 44.4 Å². The van der Waals surface area contributed by atoms with Crippen molar-refractivity contribution < 1.29 is 19.1 Å². The summed E-state index contributed by atoms with van der Waals surface area (Å²) in [5.41, 5.74) is 0.969. The molecule has 0 radical (unpaired) electrons. The van der Waals surface area contributed by atoms with Crippen LogP contribution in [0.2, 0.25) is 0 Å². The van der Waals surface area contributed by atoms with E-state index in [4.69, 9.17) is 9.47 Å². The maximum atomic E-state index is 12.5. The highest BCUT2D eigenvalue weighted by atomic mass is 16.5. The Labute approximate surface area is 165 Å². The van der Waals surface area contributed by atoms with Crippen LogP contribution < -0.4 is 10.1 Å². The molecule has 1 atom stereocenters. The van der Waals surface area contributed by atoms with Crippen LogP contribution in [0.15, 0.2) is 36.0 Å². The van der Waals surface area contributed by atoms with Gasteiger partial charge in [-0.3, -0.25) is 9.59 Å². The van der Waals surface area contributed by atoms with E-state index in [-0.39, 0.29) is 23.5 Å². The van der Waals surface area contributed by atoms with Crippen molar-refractivity contribution in [3.63, 3.8) is 0 Å². The number of nitriles is 1. The number of amides is 1. The van der Waals surface area contributed by atoms with Crippen molar-refractivity contribution in [1.82, 2.24) is 10.2 Å². The van der Waals surface area contributed by atoms with Crippen LogP contribution in [0.4, 0.5) is 0 Å². The Bertz CT molecular complexity index is 744. The number of nitrogens with zero attached hydrogens (tertiary/aromatic N) is 2. The predicted molar refractivity (Wildman–Crippen MR) is 104 cm³/mol. The van der Waals surface area contributed by atoms with Crippen molar-refractivity contribution in [2.45, 2.75) is 32.7 Å². The van der Waals surface area contributed by atoms with Crippen molar-refractivity contribution in [3.8, 4) is 11.8 Å². The average Bonchev–Trinajstić information content (AvgIpc) is 2.72. The lowest BCUT2D eigenvalue weighted by atomic mass is 9.97. The van der Waals surface area contributed by atoms with Crippen LogP contribution in [0.3, 0.4) is 0 Å². The maximum Gasteiger partial charge on any atom is 0.309 e. The molecule has 1 aliphatic rings. The van der Waals surface area contributed by atoms with Gasteiger partial charge in [0.2, 0.25) is 0 Å². The van der Waals surface area contributed by atoms with Gasteiger partial charge in [0.1, 0.15) is 17.4 Å². The Hall–Kier alpha value is -3.01. The highest BCUT2D eigenvalue weighted by molar-refractivity contribution is 5.97. The van der Waals surface area contributed by atoms with Crippen molar-refractivity contribution in [1.29, 1.82) is 5.26 Å². The molecule has 7 nitrogen and oxygen atoms in total. The number of rotatable bonds is 7. The van der Waals surface area contributed by atoms with E-state index in [1.807, 2.05) is 42.2 Å². The van der Waals surface area contributed by atoms with Gasteiger partial charge >= 0.3 is 5.97 Å². The van der Waals surface area contributed by atoms with E-state index in [0.29, 0.717) is 32.5 Å². The molecule has 7 heteroatoms. The standard InChI is InChI=1S/C21H27N3O4/c1-4-28-21(26)17-9-11-24(12-10-17)14-18(13-22)20(25)23-15(2)16-5-7-19(27-3)8-6-16/h5-8,14-15,17H,4,9-12H2,1-3H3,(H,23,25)/b18-14-. The van der Waals surface area contributed by atoms with E-state index < -0.39 is 5.91 Å². The third kappa shape index (κ3) is 5.74. The lowest BCUT2D eigenvalue weighted by Gasteiger charge is -2.30. The van der Waals surface area contributed by atoms with Crippen molar-refractivity contribution in [3.05, 3.63) is 41.6 Å². The van der Waals surface area contributed by atoms with Crippen LogP contribution in [-0.2, 0) is 14.3 Å². The van der Waals surface area contributed by atoms with E-state index in [1.54, 1.807) is 20.2 Å². The average molecular weight is 385 g/mol. The van der Waals surface area contributed by atoms with Gasteiger partial charge in [-0.2, -0.15) is 5.26 Å². The van der Waals surface area contributed by atoms with Gasteiger partial charge in [0.15, 0.2) is 0 Å². The molecule has 150 valence electrons. The molecule has 0 aliphatic carbocycles. The summed E-state index contributed by atoms with van der Waals surface area (Å²) in [7, 11) is 1.60. The maximum absolute atomic E-state index is 12.5. The molecule has 1 N–H and O–H groups in total. The zero-order chi connectivity index (χ0) is 20.5. The molecular formula is C21H27N3O4. The monoisotopic (exact) mass is 385 g/mol. The molecule has 0 saturated carbocycles. The first-order valence-electron chi connectivity index (χ1n) is 9.45. The largest absolute Gasteiger partial charge is 0.497 e. The molecule has 0 bridgehead atoms. The van der Waals surface area contributed by atoms with Gasteiger partial charge in [0.05, 0.1) is 25.7 Å². The van der Waals surface area contributed by atoms with E-state index >= 15 is 0 Å². The lowest BCUT2D eigenvalue weighted by Crippen LogP contribution is -2.35. The number of esters is 1. The van der Waals surface area contributed by atoms with Crippen LogP contribution in [0.5, 0.6) is 5.75 Å². The number of nitrogens with one attached hydrogen (secondary N) is 1. The molecule has 1 aliphatic heterocycles. The molecular weight excluding hydrogens is 358 g/mol. The predicted octanol–water partition coefficient (Wildman–Crippen LogP) is 2.55. The van der Waals surface area contributed by atoms with Gasteiger partial charge in [0.25, 0.3) is 5.91 Å². The second kappa shape index (κ2) is 10.4. The van der Waals surface area contributed by atoms with Gasteiger partial charge < -0.3 is 19.7 Å². The van der Waals surface area contributed by atoms with Gasteiger partial charge in [-0.25, -0.2) is 0 Å². The van der Waals surface area contributed by atoms with Gasteiger partial charge in [-0.1, -0.05) is 12.1 Å². The molecule has 2 rings (SSSR count). The summed E-state index contributed by atoms with van der Waals surface area (Å²) in [6.07, 6.45) is 2.88. The fourth-order valence-electron chi connectivity index (χ4n) is 3.10. The fraction of sp³-hybridized carbons (Fsp3) is 0.476. The van der Waals surface area contributed by atoms with Crippen molar-refractivity contribution in [2.75, 3.05) is 26.8 Å². The Balaban J connectivity index is 1.93. The molecule has 1 aromatic carbocycles. The summed E-state index contributed by atoms with van der Waals surface area (Å²) >= 11 is 0. The first-order valence-corrected chi connectivity index (χ1v) is 9.45. The number of likely N-dealkylation sites (tertiary alicyclic amines) is 1. The summed E-state index contributed by atoms with van der Waals surface area (Å²) in [5, 5.41) is 12.2. The van der Waals surface area contributed by atoms with Crippen LogP contribution in [-0.4, -0.2) is 43.6 Å². The van der Waals surface area contributed by atoms with Crippen molar-refractivity contribution >= 4 is 11.9 Å². The summed E-state index contributed by atoms with van der Waals surface area (Å²) in [6, 6.07) is 9.13. The second-order valence-corrected chi connectivity index (χ2v) is 6.69. The second-order valence-electron chi connectivity index (χ2n) is 6.69. The molecule has 0 spiro atoms. The Kier molecular flexibility index (Phi) is 7.88. The molecule has 1 saturated heterocycles. The first-order chi connectivity index (χ1) is 13.5. The Morgan fingerprint density at radius 1 is 1.32 bits per heavy atom. The van der Waals surface area contributed by atoms with E-state index in [0.717, 1.165) is 11.3 Å². The minimum Gasteiger partial charge on any atom is -0.497 e. The minimum absolute atomic E-state index is 0.0509. The van der Waals surface area contributed by atoms with E-state index in [2.05, 4.69) is 5.32 Å². The number of carbonyl (C=O) groups is 2. The highest BCUT2D eigenvalue weighted by Crippen LogP contribution is 2.20. The normalized spacial score (nSPS) is 16.1. The molecule has 1 fully saturated rings. The summed E-state index contributed by atoms with van der Waals surface area (Å²) < 4.78 is 10.2. The number of hydrogen-bond acceptors (Lipinski definition) is 6. The molecule has 1 aromatic rings. The highest BCUT2D eigenvalue weighted by Gasteiger charge is 2.25. The fourth-order valence-corrected chi connectivity index (χ4v) is 3.10. The minimum atomic E-state index is -0.418. The quantitative estimate of drug-likeness (QED) is 0.441. The molecule has 1 amide bonds. The lowest BCUT2D eigenvalue weighted by molar-refractivity contribution is -0.149. The van der Waals surface area contributed by atoms with Crippen LogP contribution >= 0.6 is 0 Å². The van der Waals surface area contributed by atoms with Gasteiger partial charge in [-0.15, -0.1) is 0 Å². The number of benzene rings is 1. The Morgan fingerprint density at radius 2 is 1.96 bits per heavy atom. The molecule has 0 aromatic heterocycles. The Morgan fingerprint density at radius 3 is 2.50 bits per heavy atom. The SMILES string of the molecule is CCOC(=O)C1CCN(/C=C(/C#N)C(=O)NC(C)c2ccc(OC)cc2)CC1. The summed E-state index contributed by atoms with van der Waals surface area (Å²) in [4.78, 5) is 26.2. The van der Waals surface area contributed by atoms with Crippen LogP contribution in [0.25, 0.3) is 0 Å². The molecule has 28 heavy (non-hydrogen) atoms. The first kappa shape index (κ1) is 21.3. The van der Waals surface area contributed by atoms with Crippen LogP contribution in [0.1, 0.15) is 38.3 Å². The molecule has 1 heterocycles. The zero-order valence-corrected chi connectivity index (χ0v) is 16.6. The summed E-state index contributed by atoms with van der Waals surface area (Å²) in [5.74, 6) is 0.0428. The third-order valence-electron chi connectivity index (χ3n) is 4.79. The van der Waals surface area contributed by atoms with Crippen LogP contribution in [0, 0.1) is 17.2 Å². The summed E-state index contributed by atoms with van der Waals surface area (Å²) in [6.45, 7) is 5.25. The van der Waals surface area contributed by atoms with E-state index in [9.17, 15) is 14.9 Å². The topological polar surface area (TPSA) is 91.7 Å².